The first-order valence-corrected chi connectivity index (χ1v) is 13.3. The summed E-state index contributed by atoms with van der Waals surface area (Å²) in [6.45, 7) is 2.40. The molecule has 7 nitrogen and oxygen atoms in total. The number of carbonyl (C=O) groups excluding carboxylic acids is 2. The van der Waals surface area contributed by atoms with Crippen molar-refractivity contribution in [2.75, 3.05) is 25.5 Å². The molecular formula is C32H30N4O3. The van der Waals surface area contributed by atoms with Crippen molar-refractivity contribution in [2.24, 2.45) is 5.92 Å². The number of amides is 1. The molecule has 0 unspecified atom stereocenters. The van der Waals surface area contributed by atoms with E-state index in [-0.39, 0.29) is 17.8 Å². The number of esters is 1. The molecule has 0 saturated carbocycles. The van der Waals surface area contributed by atoms with Crippen LogP contribution >= 0.6 is 0 Å². The van der Waals surface area contributed by atoms with Crippen molar-refractivity contribution in [1.82, 2.24) is 15.1 Å². The third-order valence-corrected chi connectivity index (χ3v) is 7.59. The Labute approximate surface area is 226 Å². The van der Waals surface area contributed by atoms with Crippen molar-refractivity contribution in [3.8, 4) is 11.3 Å². The van der Waals surface area contributed by atoms with Crippen molar-refractivity contribution < 1.29 is 14.3 Å². The fraction of sp³-hybridized carbons (Fsp3) is 0.219. The number of methoxy groups -OCH3 is 1. The highest BCUT2D eigenvalue weighted by Gasteiger charge is 2.25. The second kappa shape index (κ2) is 10.7. The number of benzene rings is 4. The fourth-order valence-corrected chi connectivity index (χ4v) is 5.50. The van der Waals surface area contributed by atoms with E-state index in [9.17, 15) is 9.59 Å². The van der Waals surface area contributed by atoms with E-state index in [1.54, 1.807) is 6.07 Å². The van der Waals surface area contributed by atoms with E-state index in [2.05, 4.69) is 44.7 Å². The summed E-state index contributed by atoms with van der Waals surface area (Å²) < 4.78 is 4.83. The van der Waals surface area contributed by atoms with Crippen molar-refractivity contribution >= 4 is 39.2 Å². The molecule has 2 heterocycles. The van der Waals surface area contributed by atoms with E-state index in [0.717, 1.165) is 76.7 Å². The minimum Gasteiger partial charge on any atom is -0.465 e. The first-order chi connectivity index (χ1) is 19.1. The van der Waals surface area contributed by atoms with Crippen LogP contribution in [0.4, 0.5) is 5.69 Å². The lowest BCUT2D eigenvalue weighted by molar-refractivity contribution is -0.121. The molecule has 1 aliphatic heterocycles. The Balaban J connectivity index is 1.12. The van der Waals surface area contributed by atoms with Gasteiger partial charge in [0.15, 0.2) is 0 Å². The number of fused-ring (bicyclic) bond motifs is 2. The number of anilines is 1. The van der Waals surface area contributed by atoms with Crippen LogP contribution in [0.3, 0.4) is 0 Å². The Kier molecular flexibility index (Phi) is 6.82. The Morgan fingerprint density at radius 1 is 0.949 bits per heavy atom. The standard InChI is InChI=1S/C32H30N4O3/c1-39-32(38)24-9-4-6-21(18-24)20-36-16-14-23(15-17-36)31(37)33-25-12-13-29-28(19-25)30(35-34-29)27-11-5-8-22-7-2-3-10-26(22)27/h2-13,18-19,23H,14-17,20H2,1H3,(H,33,37)(H,34,35). The van der Waals surface area contributed by atoms with Crippen LogP contribution in [0.2, 0.25) is 0 Å². The summed E-state index contributed by atoms with van der Waals surface area (Å²) in [5.41, 5.74) is 5.27. The quantitative estimate of drug-likeness (QED) is 0.269. The number of hydrogen-bond acceptors (Lipinski definition) is 5. The topological polar surface area (TPSA) is 87.3 Å². The minimum absolute atomic E-state index is 0.0414. The third kappa shape index (κ3) is 5.13. The molecule has 7 heteroatoms. The maximum Gasteiger partial charge on any atom is 0.337 e. The van der Waals surface area contributed by atoms with Gasteiger partial charge in [0.2, 0.25) is 5.91 Å². The highest BCUT2D eigenvalue weighted by atomic mass is 16.5. The second-order valence-corrected chi connectivity index (χ2v) is 10.1. The largest absolute Gasteiger partial charge is 0.465 e. The highest BCUT2D eigenvalue weighted by Crippen LogP contribution is 2.33. The third-order valence-electron chi connectivity index (χ3n) is 7.59. The van der Waals surface area contributed by atoms with Gasteiger partial charge in [0.25, 0.3) is 0 Å². The van der Waals surface area contributed by atoms with Crippen molar-refractivity contribution in [3.63, 3.8) is 0 Å². The predicted octanol–water partition coefficient (Wildman–Crippen LogP) is 6.02. The molecule has 1 saturated heterocycles. The maximum absolute atomic E-state index is 13.2. The number of rotatable bonds is 6. The summed E-state index contributed by atoms with van der Waals surface area (Å²) in [4.78, 5) is 27.4. The highest BCUT2D eigenvalue weighted by molar-refractivity contribution is 6.05. The number of likely N-dealkylation sites (tertiary alicyclic amines) is 1. The average Bonchev–Trinajstić information content (AvgIpc) is 3.40. The molecule has 0 atom stereocenters. The molecule has 1 aliphatic rings. The van der Waals surface area contributed by atoms with Gasteiger partial charge in [-0.15, -0.1) is 0 Å². The van der Waals surface area contributed by atoms with Crippen LogP contribution < -0.4 is 5.32 Å². The van der Waals surface area contributed by atoms with Gasteiger partial charge in [-0.1, -0.05) is 54.6 Å². The van der Waals surface area contributed by atoms with Crippen LogP contribution in [0.15, 0.2) is 84.9 Å². The summed E-state index contributed by atoms with van der Waals surface area (Å²) in [5, 5.41) is 14.2. The van der Waals surface area contributed by atoms with Crippen molar-refractivity contribution in [2.45, 2.75) is 19.4 Å². The molecular weight excluding hydrogens is 488 g/mol. The Morgan fingerprint density at radius 3 is 2.59 bits per heavy atom. The molecule has 5 aromatic rings. The normalized spacial score (nSPS) is 14.5. The first kappa shape index (κ1) is 24.8. The SMILES string of the molecule is COC(=O)c1cccc(CN2CCC(C(=O)Nc3ccc4[nH]nc(-c5cccc6ccccc56)c4c3)CC2)c1. The monoisotopic (exact) mass is 518 g/mol. The van der Waals surface area contributed by atoms with Gasteiger partial charge in [0, 0.05) is 29.1 Å². The van der Waals surface area contributed by atoms with E-state index in [1.807, 2.05) is 54.6 Å². The lowest BCUT2D eigenvalue weighted by Gasteiger charge is -2.31. The molecule has 1 amide bonds. The van der Waals surface area contributed by atoms with E-state index in [1.165, 1.54) is 7.11 Å². The van der Waals surface area contributed by atoms with Crippen LogP contribution in [0, 0.1) is 5.92 Å². The average molecular weight is 519 g/mol. The molecule has 6 rings (SSSR count). The summed E-state index contributed by atoms with van der Waals surface area (Å²) in [6.07, 6.45) is 1.58. The van der Waals surface area contributed by atoms with E-state index in [0.29, 0.717) is 5.56 Å². The number of aromatic nitrogens is 2. The van der Waals surface area contributed by atoms with Crippen LogP contribution in [0.25, 0.3) is 32.9 Å². The van der Waals surface area contributed by atoms with Gasteiger partial charge in [0.1, 0.15) is 5.69 Å². The van der Waals surface area contributed by atoms with Gasteiger partial charge in [-0.2, -0.15) is 5.10 Å². The molecule has 0 bridgehead atoms. The zero-order valence-corrected chi connectivity index (χ0v) is 21.8. The zero-order chi connectivity index (χ0) is 26.8. The summed E-state index contributed by atoms with van der Waals surface area (Å²) >= 11 is 0. The zero-order valence-electron chi connectivity index (χ0n) is 21.8. The number of ether oxygens (including phenoxy) is 1. The smallest absolute Gasteiger partial charge is 0.337 e. The van der Waals surface area contributed by atoms with Gasteiger partial charge >= 0.3 is 5.97 Å². The van der Waals surface area contributed by atoms with Crippen LogP contribution in [0.1, 0.15) is 28.8 Å². The minimum atomic E-state index is -0.329. The van der Waals surface area contributed by atoms with Gasteiger partial charge in [-0.3, -0.25) is 14.8 Å². The van der Waals surface area contributed by atoms with Gasteiger partial charge in [0.05, 0.1) is 18.2 Å². The van der Waals surface area contributed by atoms with Crippen LogP contribution in [-0.4, -0.2) is 47.2 Å². The predicted molar refractivity (Wildman–Crippen MR) is 153 cm³/mol. The number of aromatic amines is 1. The summed E-state index contributed by atoms with van der Waals surface area (Å²) in [5.74, 6) is -0.317. The van der Waals surface area contributed by atoms with Crippen molar-refractivity contribution in [1.29, 1.82) is 0 Å². The molecule has 1 aromatic heterocycles. The molecule has 0 aliphatic carbocycles. The van der Waals surface area contributed by atoms with Gasteiger partial charge in [-0.05, 0) is 72.6 Å². The van der Waals surface area contributed by atoms with Crippen LogP contribution in [-0.2, 0) is 16.1 Å². The first-order valence-electron chi connectivity index (χ1n) is 13.3. The molecule has 0 spiro atoms. The Hall–Kier alpha value is -4.49. The fourth-order valence-electron chi connectivity index (χ4n) is 5.50. The van der Waals surface area contributed by atoms with Crippen molar-refractivity contribution in [3.05, 3.63) is 96.1 Å². The lowest BCUT2D eigenvalue weighted by Crippen LogP contribution is -2.37. The maximum atomic E-state index is 13.2. The number of nitrogens with one attached hydrogen (secondary N) is 2. The number of hydrogen-bond donors (Lipinski definition) is 2. The summed E-state index contributed by atoms with van der Waals surface area (Å²) in [6, 6.07) is 28.0. The number of H-pyrrole nitrogens is 1. The molecule has 4 aromatic carbocycles. The number of carbonyl (C=O) groups is 2. The van der Waals surface area contributed by atoms with E-state index < -0.39 is 0 Å². The Morgan fingerprint density at radius 2 is 1.74 bits per heavy atom. The van der Waals surface area contributed by atoms with E-state index >= 15 is 0 Å². The van der Waals surface area contributed by atoms with E-state index in [4.69, 9.17) is 4.74 Å². The molecule has 1 fully saturated rings. The Bertz CT molecular complexity index is 1660. The number of nitrogens with zero attached hydrogens (tertiary/aromatic N) is 2. The molecule has 196 valence electrons. The van der Waals surface area contributed by atoms with Gasteiger partial charge < -0.3 is 10.1 Å². The molecule has 2 N–H and O–H groups in total. The lowest BCUT2D eigenvalue weighted by atomic mass is 9.95. The van der Waals surface area contributed by atoms with Crippen LogP contribution in [0.5, 0.6) is 0 Å². The number of piperidine rings is 1. The second-order valence-electron chi connectivity index (χ2n) is 10.1. The molecule has 39 heavy (non-hydrogen) atoms. The summed E-state index contributed by atoms with van der Waals surface area (Å²) in [7, 11) is 1.39. The van der Waals surface area contributed by atoms with Gasteiger partial charge in [-0.25, -0.2) is 4.79 Å². The molecule has 0 radical (unpaired) electrons.